The van der Waals surface area contributed by atoms with Crippen molar-refractivity contribution in [1.29, 1.82) is 0 Å². The van der Waals surface area contributed by atoms with Crippen LogP contribution in [-0.2, 0) is 16.0 Å². The van der Waals surface area contributed by atoms with Gasteiger partial charge in [0.1, 0.15) is 11.9 Å². The van der Waals surface area contributed by atoms with Crippen molar-refractivity contribution in [3.63, 3.8) is 0 Å². The van der Waals surface area contributed by atoms with Gasteiger partial charge in [-0.1, -0.05) is 30.3 Å². The predicted molar refractivity (Wildman–Crippen MR) is 85.4 cm³/mol. The molecule has 2 aromatic rings. The molecular formula is C18H17FN2O2. The fourth-order valence-corrected chi connectivity index (χ4v) is 2.71. The Balaban J connectivity index is 1.59. The van der Waals surface area contributed by atoms with E-state index in [1.54, 1.807) is 17.0 Å². The SMILES string of the molecule is O=C(Cc1ccc(F)cc1)NC1CCN(c2ccccc2)C1=O. The van der Waals surface area contributed by atoms with Crippen LogP contribution in [0.4, 0.5) is 10.1 Å². The van der Waals surface area contributed by atoms with Gasteiger partial charge in [-0.05, 0) is 36.2 Å². The minimum atomic E-state index is -0.497. The fourth-order valence-electron chi connectivity index (χ4n) is 2.71. The molecule has 1 unspecified atom stereocenters. The molecule has 3 rings (SSSR count). The first-order valence-corrected chi connectivity index (χ1v) is 7.54. The van der Waals surface area contributed by atoms with Crippen LogP contribution in [-0.4, -0.2) is 24.4 Å². The minimum Gasteiger partial charge on any atom is -0.344 e. The molecule has 1 saturated heterocycles. The van der Waals surface area contributed by atoms with E-state index in [9.17, 15) is 14.0 Å². The number of carbonyl (C=O) groups excluding carboxylic acids is 2. The van der Waals surface area contributed by atoms with Crippen molar-refractivity contribution >= 4 is 17.5 Å². The molecule has 0 saturated carbocycles. The van der Waals surface area contributed by atoms with E-state index in [0.29, 0.717) is 18.5 Å². The van der Waals surface area contributed by atoms with Crippen LogP contribution in [0.5, 0.6) is 0 Å². The molecule has 2 amide bonds. The number of halogens is 1. The molecule has 2 aromatic carbocycles. The number of rotatable bonds is 4. The Morgan fingerprint density at radius 3 is 2.52 bits per heavy atom. The molecule has 0 spiro atoms. The van der Waals surface area contributed by atoms with Crippen LogP contribution >= 0.6 is 0 Å². The molecule has 118 valence electrons. The number of amides is 2. The number of benzene rings is 2. The van der Waals surface area contributed by atoms with Crippen LogP contribution in [0.15, 0.2) is 54.6 Å². The summed E-state index contributed by atoms with van der Waals surface area (Å²) < 4.78 is 12.9. The lowest BCUT2D eigenvalue weighted by Crippen LogP contribution is -2.42. The van der Waals surface area contributed by atoms with Gasteiger partial charge in [-0.2, -0.15) is 0 Å². The summed E-state index contributed by atoms with van der Waals surface area (Å²) in [6.07, 6.45) is 0.721. The molecule has 5 heteroatoms. The van der Waals surface area contributed by atoms with Crippen LogP contribution < -0.4 is 10.2 Å². The van der Waals surface area contributed by atoms with E-state index in [4.69, 9.17) is 0 Å². The normalized spacial score (nSPS) is 17.3. The second-order valence-corrected chi connectivity index (χ2v) is 5.54. The highest BCUT2D eigenvalue weighted by Gasteiger charge is 2.33. The number of anilines is 1. The number of nitrogens with zero attached hydrogens (tertiary/aromatic N) is 1. The van der Waals surface area contributed by atoms with Crippen molar-refractivity contribution in [2.75, 3.05) is 11.4 Å². The monoisotopic (exact) mass is 312 g/mol. The van der Waals surface area contributed by atoms with E-state index in [1.165, 1.54) is 12.1 Å². The van der Waals surface area contributed by atoms with Crippen molar-refractivity contribution < 1.29 is 14.0 Å². The number of carbonyl (C=O) groups is 2. The van der Waals surface area contributed by atoms with E-state index in [0.717, 1.165) is 5.69 Å². The van der Waals surface area contributed by atoms with Crippen molar-refractivity contribution in [2.45, 2.75) is 18.9 Å². The summed E-state index contributed by atoms with van der Waals surface area (Å²) in [6.45, 7) is 0.588. The summed E-state index contributed by atoms with van der Waals surface area (Å²) >= 11 is 0. The largest absolute Gasteiger partial charge is 0.344 e. The average Bonchev–Trinajstić information content (AvgIpc) is 2.91. The first-order valence-electron chi connectivity index (χ1n) is 7.54. The maximum absolute atomic E-state index is 12.9. The van der Waals surface area contributed by atoms with Crippen LogP contribution in [0.25, 0.3) is 0 Å². The minimum absolute atomic E-state index is 0.0938. The Morgan fingerprint density at radius 2 is 1.83 bits per heavy atom. The zero-order valence-electron chi connectivity index (χ0n) is 12.5. The first kappa shape index (κ1) is 15.2. The van der Waals surface area contributed by atoms with Crippen molar-refractivity contribution in [2.24, 2.45) is 0 Å². The van der Waals surface area contributed by atoms with Gasteiger partial charge in [0, 0.05) is 12.2 Å². The van der Waals surface area contributed by atoms with Gasteiger partial charge in [-0.15, -0.1) is 0 Å². The number of para-hydroxylation sites is 1. The van der Waals surface area contributed by atoms with Crippen LogP contribution in [0.3, 0.4) is 0 Å². The number of hydrogen-bond donors (Lipinski definition) is 1. The van der Waals surface area contributed by atoms with Crippen LogP contribution in [0.2, 0.25) is 0 Å². The highest BCUT2D eigenvalue weighted by atomic mass is 19.1. The third-order valence-corrected chi connectivity index (χ3v) is 3.89. The van der Waals surface area contributed by atoms with E-state index >= 15 is 0 Å². The summed E-state index contributed by atoms with van der Waals surface area (Å²) in [5.41, 5.74) is 1.56. The summed E-state index contributed by atoms with van der Waals surface area (Å²) in [4.78, 5) is 26.2. The van der Waals surface area contributed by atoms with E-state index in [2.05, 4.69) is 5.32 Å². The van der Waals surface area contributed by atoms with Gasteiger partial charge in [0.05, 0.1) is 6.42 Å². The van der Waals surface area contributed by atoms with E-state index < -0.39 is 6.04 Å². The molecule has 1 fully saturated rings. The van der Waals surface area contributed by atoms with Gasteiger partial charge < -0.3 is 10.2 Å². The number of nitrogens with one attached hydrogen (secondary N) is 1. The zero-order valence-corrected chi connectivity index (χ0v) is 12.5. The van der Waals surface area contributed by atoms with Gasteiger partial charge in [0.2, 0.25) is 11.8 Å². The summed E-state index contributed by atoms with van der Waals surface area (Å²) in [7, 11) is 0. The lowest BCUT2D eigenvalue weighted by atomic mass is 10.1. The van der Waals surface area contributed by atoms with Crippen molar-refractivity contribution in [3.05, 3.63) is 66.0 Å². The molecule has 1 N–H and O–H groups in total. The lowest BCUT2D eigenvalue weighted by Gasteiger charge is -2.17. The molecule has 1 heterocycles. The smallest absolute Gasteiger partial charge is 0.249 e. The Hall–Kier alpha value is -2.69. The molecule has 1 aliphatic heterocycles. The third kappa shape index (κ3) is 3.56. The van der Waals surface area contributed by atoms with Crippen molar-refractivity contribution in [3.8, 4) is 0 Å². The fraction of sp³-hybridized carbons (Fsp3) is 0.222. The third-order valence-electron chi connectivity index (χ3n) is 3.89. The topological polar surface area (TPSA) is 49.4 Å². The highest BCUT2D eigenvalue weighted by molar-refractivity contribution is 6.01. The second-order valence-electron chi connectivity index (χ2n) is 5.54. The summed E-state index contributed by atoms with van der Waals surface area (Å²) in [6, 6.07) is 14.7. The zero-order chi connectivity index (χ0) is 16.2. The summed E-state index contributed by atoms with van der Waals surface area (Å²) in [5, 5.41) is 2.77. The van der Waals surface area contributed by atoms with Gasteiger partial charge in [-0.3, -0.25) is 9.59 Å². The molecule has 0 bridgehead atoms. The van der Waals surface area contributed by atoms with E-state index in [-0.39, 0.29) is 24.1 Å². The van der Waals surface area contributed by atoms with Crippen LogP contribution in [0.1, 0.15) is 12.0 Å². The molecule has 1 atom stereocenters. The quantitative estimate of drug-likeness (QED) is 0.942. The molecule has 23 heavy (non-hydrogen) atoms. The molecule has 1 aliphatic rings. The Bertz CT molecular complexity index is 701. The molecule has 0 aromatic heterocycles. The molecule has 4 nitrogen and oxygen atoms in total. The predicted octanol–water partition coefficient (Wildman–Crippen LogP) is 2.29. The molecule has 0 radical (unpaired) electrons. The molecule has 0 aliphatic carbocycles. The van der Waals surface area contributed by atoms with Crippen molar-refractivity contribution in [1.82, 2.24) is 5.32 Å². The van der Waals surface area contributed by atoms with Crippen LogP contribution in [0, 0.1) is 5.82 Å². The van der Waals surface area contributed by atoms with Gasteiger partial charge in [0.25, 0.3) is 0 Å². The maximum Gasteiger partial charge on any atom is 0.249 e. The number of hydrogen-bond acceptors (Lipinski definition) is 2. The van der Waals surface area contributed by atoms with E-state index in [1.807, 2.05) is 30.3 Å². The average molecular weight is 312 g/mol. The molecular weight excluding hydrogens is 295 g/mol. The lowest BCUT2D eigenvalue weighted by molar-refractivity contribution is -0.126. The Labute approximate surface area is 133 Å². The first-order chi connectivity index (χ1) is 11.1. The Kier molecular flexibility index (Phi) is 4.37. The van der Waals surface area contributed by atoms with Gasteiger partial charge >= 0.3 is 0 Å². The maximum atomic E-state index is 12.9. The standard InChI is InChI=1S/C18H17FN2O2/c19-14-8-6-13(7-9-14)12-17(22)20-16-10-11-21(18(16)23)15-4-2-1-3-5-15/h1-9,16H,10-12H2,(H,20,22). The highest BCUT2D eigenvalue weighted by Crippen LogP contribution is 2.21. The van der Waals surface area contributed by atoms with Gasteiger partial charge in [0.15, 0.2) is 0 Å². The Morgan fingerprint density at radius 1 is 1.13 bits per heavy atom. The van der Waals surface area contributed by atoms with Gasteiger partial charge in [-0.25, -0.2) is 4.39 Å². The second kappa shape index (κ2) is 6.60. The summed E-state index contributed by atoms with van der Waals surface area (Å²) in [5.74, 6) is -0.660.